The molecule has 28 heavy (non-hydrogen) atoms. The first kappa shape index (κ1) is 17.3. The van der Waals surface area contributed by atoms with E-state index in [4.69, 9.17) is 13.9 Å². The summed E-state index contributed by atoms with van der Waals surface area (Å²) in [5, 5.41) is 19.2. The molecule has 2 heterocycles. The van der Waals surface area contributed by atoms with E-state index in [1.807, 2.05) is 0 Å². The SMILES string of the molecule is O=c1ccc2ccc(O)cc2o1.O=c1ccc2nc3ccc(O)cc3oc-2c1. The largest absolute Gasteiger partial charge is 0.508 e. The van der Waals surface area contributed by atoms with Crippen LogP contribution in [0.1, 0.15) is 0 Å². The van der Waals surface area contributed by atoms with Gasteiger partial charge in [-0.2, -0.15) is 0 Å². The second-order valence-electron chi connectivity index (χ2n) is 5.97. The summed E-state index contributed by atoms with van der Waals surface area (Å²) >= 11 is 0. The fraction of sp³-hybridized carbons (Fsp3) is 0. The van der Waals surface area contributed by atoms with Crippen molar-refractivity contribution in [3.63, 3.8) is 0 Å². The van der Waals surface area contributed by atoms with Gasteiger partial charge in [0.2, 0.25) is 0 Å². The van der Waals surface area contributed by atoms with Crippen LogP contribution in [0.4, 0.5) is 0 Å². The molecule has 138 valence electrons. The molecule has 0 spiro atoms. The van der Waals surface area contributed by atoms with E-state index in [1.165, 1.54) is 30.3 Å². The van der Waals surface area contributed by atoms with Gasteiger partial charge in [-0.3, -0.25) is 4.79 Å². The summed E-state index contributed by atoms with van der Waals surface area (Å²) in [4.78, 5) is 26.2. The lowest BCUT2D eigenvalue weighted by Crippen LogP contribution is -1.99. The Bertz CT molecular complexity index is 1390. The van der Waals surface area contributed by atoms with Gasteiger partial charge in [0.25, 0.3) is 0 Å². The van der Waals surface area contributed by atoms with E-state index in [2.05, 4.69) is 4.98 Å². The highest BCUT2D eigenvalue weighted by Gasteiger charge is 2.09. The Morgan fingerprint density at radius 3 is 2.25 bits per heavy atom. The Labute approximate surface area is 157 Å². The van der Waals surface area contributed by atoms with Crippen LogP contribution in [0.25, 0.3) is 33.5 Å². The number of nitrogens with zero attached hydrogens (tertiary/aromatic N) is 1. The smallest absolute Gasteiger partial charge is 0.336 e. The van der Waals surface area contributed by atoms with E-state index in [-0.39, 0.29) is 16.9 Å². The highest BCUT2D eigenvalue weighted by molar-refractivity contribution is 5.78. The van der Waals surface area contributed by atoms with Gasteiger partial charge < -0.3 is 19.0 Å². The molecule has 0 radical (unpaired) electrons. The zero-order valence-electron chi connectivity index (χ0n) is 14.3. The number of phenols is 2. The van der Waals surface area contributed by atoms with Crippen molar-refractivity contribution in [2.24, 2.45) is 0 Å². The van der Waals surface area contributed by atoms with Crippen LogP contribution in [0.2, 0.25) is 0 Å². The molecular formula is C21H13NO6. The number of fused-ring (bicyclic) bond motifs is 3. The molecule has 2 aliphatic rings. The number of phenolic OH excluding ortho intramolecular Hbond substituents is 2. The zero-order chi connectivity index (χ0) is 19.7. The van der Waals surface area contributed by atoms with Crippen LogP contribution in [0.5, 0.6) is 11.5 Å². The van der Waals surface area contributed by atoms with E-state index in [1.54, 1.807) is 36.4 Å². The van der Waals surface area contributed by atoms with Crippen molar-refractivity contribution in [3.05, 3.63) is 87.4 Å². The summed E-state index contributed by atoms with van der Waals surface area (Å²) in [7, 11) is 0. The maximum atomic E-state index is 11.1. The lowest BCUT2D eigenvalue weighted by molar-refractivity contribution is 0.472. The van der Waals surface area contributed by atoms with Crippen LogP contribution in [0.15, 0.2) is 85.2 Å². The van der Waals surface area contributed by atoms with Crippen molar-refractivity contribution >= 4 is 22.1 Å². The van der Waals surface area contributed by atoms with Gasteiger partial charge in [-0.05, 0) is 42.5 Å². The van der Waals surface area contributed by atoms with Crippen LogP contribution in [0.3, 0.4) is 0 Å². The van der Waals surface area contributed by atoms with Crippen LogP contribution in [-0.2, 0) is 0 Å². The van der Waals surface area contributed by atoms with E-state index in [9.17, 15) is 14.7 Å². The zero-order valence-corrected chi connectivity index (χ0v) is 14.3. The predicted octanol–water partition coefficient (Wildman–Crippen LogP) is 3.50. The lowest BCUT2D eigenvalue weighted by atomic mass is 10.2. The Hall–Kier alpha value is -4.13. The summed E-state index contributed by atoms with van der Waals surface area (Å²) in [6, 6.07) is 16.8. The second kappa shape index (κ2) is 6.88. The standard InChI is InChI=1S/C12H7NO3.C9H6O3/c14-7-1-3-9-11(5-7)16-12-6-8(15)2-4-10(12)13-9;10-7-3-1-6-2-4-9(11)12-8(6)5-7/h1-6,14H;1-5,10H. The molecule has 1 aliphatic heterocycles. The molecule has 0 saturated carbocycles. The molecule has 0 fully saturated rings. The Balaban J connectivity index is 0.000000143. The normalized spacial score (nSPS) is 10.7. The van der Waals surface area contributed by atoms with Gasteiger partial charge >= 0.3 is 5.63 Å². The van der Waals surface area contributed by atoms with Gasteiger partial charge in [-0.15, -0.1) is 0 Å². The summed E-state index contributed by atoms with van der Waals surface area (Å²) in [6.45, 7) is 0. The van der Waals surface area contributed by atoms with Gasteiger partial charge in [-0.1, -0.05) is 0 Å². The summed E-state index contributed by atoms with van der Waals surface area (Å²) in [5.41, 5.74) is 1.59. The van der Waals surface area contributed by atoms with Crippen molar-refractivity contribution in [3.8, 4) is 23.0 Å². The van der Waals surface area contributed by atoms with Crippen molar-refractivity contribution in [1.29, 1.82) is 0 Å². The summed E-state index contributed by atoms with van der Waals surface area (Å²) in [5.74, 6) is 0.623. The number of aromatic hydroxyl groups is 2. The Kier molecular flexibility index (Phi) is 4.25. The first-order chi connectivity index (χ1) is 13.5. The highest BCUT2D eigenvalue weighted by Crippen LogP contribution is 2.25. The van der Waals surface area contributed by atoms with Crippen LogP contribution < -0.4 is 11.1 Å². The number of aromatic nitrogens is 1. The summed E-state index contributed by atoms with van der Waals surface area (Å²) < 4.78 is 10.3. The second-order valence-corrected chi connectivity index (χ2v) is 5.97. The quantitative estimate of drug-likeness (QED) is 0.314. The van der Waals surface area contributed by atoms with E-state index >= 15 is 0 Å². The highest BCUT2D eigenvalue weighted by atomic mass is 16.4. The fourth-order valence-corrected chi connectivity index (χ4v) is 2.64. The van der Waals surface area contributed by atoms with E-state index < -0.39 is 5.63 Å². The van der Waals surface area contributed by atoms with Crippen molar-refractivity contribution in [2.75, 3.05) is 0 Å². The molecular weight excluding hydrogens is 362 g/mol. The molecule has 2 aromatic carbocycles. The monoisotopic (exact) mass is 375 g/mol. The third-order valence-corrected chi connectivity index (χ3v) is 3.94. The van der Waals surface area contributed by atoms with Crippen molar-refractivity contribution in [2.45, 2.75) is 0 Å². The Morgan fingerprint density at radius 2 is 1.43 bits per heavy atom. The molecule has 3 aromatic rings. The third kappa shape index (κ3) is 3.54. The van der Waals surface area contributed by atoms with E-state index in [0.29, 0.717) is 28.1 Å². The molecule has 1 aliphatic carbocycles. The average Bonchev–Trinajstić information content (AvgIpc) is 2.66. The predicted molar refractivity (Wildman–Crippen MR) is 103 cm³/mol. The molecule has 0 bridgehead atoms. The number of rotatable bonds is 0. The van der Waals surface area contributed by atoms with Crippen LogP contribution >= 0.6 is 0 Å². The molecule has 0 amide bonds. The van der Waals surface area contributed by atoms with E-state index in [0.717, 1.165) is 5.39 Å². The topological polar surface area (TPSA) is 114 Å². The van der Waals surface area contributed by atoms with Gasteiger partial charge in [0.05, 0.1) is 0 Å². The maximum Gasteiger partial charge on any atom is 0.336 e. The van der Waals surface area contributed by atoms with Gasteiger partial charge in [0.15, 0.2) is 16.8 Å². The number of hydrogen-bond donors (Lipinski definition) is 2. The summed E-state index contributed by atoms with van der Waals surface area (Å²) in [6.07, 6.45) is 0. The minimum atomic E-state index is -0.409. The molecule has 0 atom stereocenters. The molecule has 7 nitrogen and oxygen atoms in total. The molecule has 2 N–H and O–H groups in total. The Morgan fingerprint density at radius 1 is 0.714 bits per heavy atom. The molecule has 0 saturated heterocycles. The number of benzene rings is 3. The molecule has 7 heteroatoms. The van der Waals surface area contributed by atoms with Crippen molar-refractivity contribution < 1.29 is 19.0 Å². The van der Waals surface area contributed by atoms with Gasteiger partial charge in [-0.25, -0.2) is 9.78 Å². The first-order valence-electron chi connectivity index (χ1n) is 8.24. The fourth-order valence-electron chi connectivity index (χ4n) is 2.64. The first-order valence-corrected chi connectivity index (χ1v) is 8.24. The third-order valence-electron chi connectivity index (χ3n) is 3.94. The maximum absolute atomic E-state index is 11.1. The minimum Gasteiger partial charge on any atom is -0.508 e. The van der Waals surface area contributed by atoms with Crippen molar-refractivity contribution in [1.82, 2.24) is 4.98 Å². The number of hydrogen-bond acceptors (Lipinski definition) is 7. The van der Waals surface area contributed by atoms with Gasteiger partial charge in [0.1, 0.15) is 28.3 Å². The lowest BCUT2D eigenvalue weighted by Gasteiger charge is -2.05. The minimum absolute atomic E-state index is 0.0943. The average molecular weight is 375 g/mol. The van der Waals surface area contributed by atoms with Gasteiger partial charge in [0, 0.05) is 29.7 Å². The molecule has 0 unspecified atom stereocenters. The van der Waals surface area contributed by atoms with Crippen LogP contribution in [-0.4, -0.2) is 15.2 Å². The van der Waals surface area contributed by atoms with Crippen LogP contribution in [0, 0.1) is 0 Å². The molecule has 1 aromatic heterocycles. The molecule has 5 rings (SSSR count).